The third-order valence-corrected chi connectivity index (χ3v) is 5.11. The summed E-state index contributed by atoms with van der Waals surface area (Å²) >= 11 is 12.0. The largest absolute Gasteiger partial charge is 0.469 e. The van der Waals surface area contributed by atoms with Crippen LogP contribution in [0.15, 0.2) is 42.5 Å². The third kappa shape index (κ3) is 7.24. The Morgan fingerprint density at radius 1 is 1.03 bits per heavy atom. The molecule has 2 rings (SSSR count). The molecule has 0 aliphatic carbocycles. The van der Waals surface area contributed by atoms with Crippen molar-refractivity contribution in [2.45, 2.75) is 31.8 Å². The van der Waals surface area contributed by atoms with Crippen LogP contribution in [0.4, 0.5) is 0 Å². The van der Waals surface area contributed by atoms with Crippen molar-refractivity contribution >= 4 is 41.0 Å². The van der Waals surface area contributed by atoms with Crippen LogP contribution in [0.25, 0.3) is 0 Å². The summed E-state index contributed by atoms with van der Waals surface area (Å²) in [6, 6.07) is 10.4. The average molecular weight is 466 g/mol. The Hall–Kier alpha value is -2.61. The molecule has 31 heavy (non-hydrogen) atoms. The maximum Gasteiger partial charge on any atom is 0.307 e. The Morgan fingerprint density at radius 2 is 1.65 bits per heavy atom. The fourth-order valence-corrected chi connectivity index (χ4v) is 3.48. The van der Waals surface area contributed by atoms with Gasteiger partial charge in [-0.15, -0.1) is 0 Å². The average Bonchev–Trinajstić information content (AvgIpc) is 2.75. The quantitative estimate of drug-likeness (QED) is 0.490. The molecule has 0 bridgehead atoms. The maximum absolute atomic E-state index is 12.7. The highest BCUT2D eigenvalue weighted by atomic mass is 35.5. The molecule has 0 aromatic heterocycles. The predicted molar refractivity (Wildman–Crippen MR) is 120 cm³/mol. The molecule has 2 atom stereocenters. The van der Waals surface area contributed by atoms with Crippen molar-refractivity contribution in [2.24, 2.45) is 5.73 Å². The minimum Gasteiger partial charge on any atom is -0.469 e. The summed E-state index contributed by atoms with van der Waals surface area (Å²) in [7, 11) is 1.29. The Morgan fingerprint density at radius 3 is 2.19 bits per heavy atom. The van der Waals surface area contributed by atoms with E-state index < -0.39 is 12.0 Å². The minimum atomic E-state index is -0.926. The number of carbonyl (C=O) groups is 3. The number of nitrogens with one attached hydrogen (secondary N) is 2. The summed E-state index contributed by atoms with van der Waals surface area (Å²) in [5, 5.41) is 6.38. The lowest BCUT2D eigenvalue weighted by atomic mass is 10.0. The first-order valence-corrected chi connectivity index (χ1v) is 10.5. The molecule has 2 aromatic carbocycles. The van der Waals surface area contributed by atoms with E-state index in [2.05, 4.69) is 15.4 Å². The number of benzene rings is 2. The van der Waals surface area contributed by atoms with Crippen molar-refractivity contribution in [1.29, 1.82) is 0 Å². The Kier molecular flexibility index (Phi) is 9.30. The van der Waals surface area contributed by atoms with E-state index in [1.54, 1.807) is 42.5 Å². The zero-order valence-electron chi connectivity index (χ0n) is 17.3. The zero-order chi connectivity index (χ0) is 23.0. The molecule has 2 aromatic rings. The Bertz CT molecular complexity index is 915. The van der Waals surface area contributed by atoms with Gasteiger partial charge in [0.25, 0.3) is 5.91 Å². The molecule has 0 saturated carbocycles. The third-order valence-electron chi connectivity index (χ3n) is 4.67. The molecule has 0 aliphatic heterocycles. The summed E-state index contributed by atoms with van der Waals surface area (Å²) in [6.45, 7) is 2.12. The van der Waals surface area contributed by atoms with Crippen molar-refractivity contribution in [3.63, 3.8) is 0 Å². The maximum atomic E-state index is 12.7. The highest BCUT2D eigenvalue weighted by molar-refractivity contribution is 6.34. The normalized spacial score (nSPS) is 12.5. The van der Waals surface area contributed by atoms with Crippen LogP contribution < -0.4 is 16.4 Å². The molecule has 166 valence electrons. The van der Waals surface area contributed by atoms with Gasteiger partial charge in [-0.05, 0) is 47.9 Å². The molecule has 0 spiro atoms. The van der Waals surface area contributed by atoms with Crippen LogP contribution in [0.1, 0.15) is 53.3 Å². The lowest BCUT2D eigenvalue weighted by Gasteiger charge is -2.21. The molecule has 0 heterocycles. The van der Waals surface area contributed by atoms with Gasteiger partial charge in [-0.25, -0.2) is 0 Å². The molecular formula is C22H25Cl2N3O4. The molecule has 0 radical (unpaired) electrons. The SMILES string of the molecule is CC[C@@H](NC(=O)C(N)c1cc(Cl)cc(Cl)c1)c1ccc(C(=O)NCCC(=O)OC)cc1. The molecule has 2 amide bonds. The molecular weight excluding hydrogens is 441 g/mol. The number of ether oxygens (including phenoxy) is 1. The Labute approximate surface area is 191 Å². The van der Waals surface area contributed by atoms with Crippen molar-refractivity contribution in [3.8, 4) is 0 Å². The summed E-state index contributed by atoms with van der Waals surface area (Å²) < 4.78 is 4.53. The highest BCUT2D eigenvalue weighted by Crippen LogP contribution is 2.24. The van der Waals surface area contributed by atoms with E-state index in [-0.39, 0.29) is 30.8 Å². The number of esters is 1. The predicted octanol–water partition coefficient (Wildman–Crippen LogP) is 3.55. The smallest absolute Gasteiger partial charge is 0.307 e. The van der Waals surface area contributed by atoms with Crippen molar-refractivity contribution in [2.75, 3.05) is 13.7 Å². The van der Waals surface area contributed by atoms with Crippen LogP contribution in [-0.2, 0) is 14.3 Å². The van der Waals surface area contributed by atoms with E-state index in [4.69, 9.17) is 28.9 Å². The minimum absolute atomic E-state index is 0.0996. The van der Waals surface area contributed by atoms with Crippen molar-refractivity contribution in [3.05, 3.63) is 69.2 Å². The second kappa shape index (κ2) is 11.7. The van der Waals surface area contributed by atoms with Gasteiger partial charge in [0.15, 0.2) is 0 Å². The lowest BCUT2D eigenvalue weighted by molar-refractivity contribution is -0.140. The fourth-order valence-electron chi connectivity index (χ4n) is 2.94. The van der Waals surface area contributed by atoms with Crippen LogP contribution in [-0.4, -0.2) is 31.4 Å². The number of nitrogens with two attached hydrogens (primary N) is 1. The van der Waals surface area contributed by atoms with Crippen molar-refractivity contribution in [1.82, 2.24) is 10.6 Å². The van der Waals surface area contributed by atoms with Crippen LogP contribution in [0.3, 0.4) is 0 Å². The topological polar surface area (TPSA) is 111 Å². The van der Waals surface area contributed by atoms with Crippen LogP contribution >= 0.6 is 23.2 Å². The van der Waals surface area contributed by atoms with E-state index in [0.29, 0.717) is 27.6 Å². The van der Waals surface area contributed by atoms with Gasteiger partial charge in [0, 0.05) is 22.2 Å². The van der Waals surface area contributed by atoms with Gasteiger partial charge in [-0.3, -0.25) is 14.4 Å². The van der Waals surface area contributed by atoms with Gasteiger partial charge in [0.05, 0.1) is 19.6 Å². The van der Waals surface area contributed by atoms with Crippen LogP contribution in [0, 0.1) is 0 Å². The monoisotopic (exact) mass is 465 g/mol. The number of rotatable bonds is 9. The zero-order valence-corrected chi connectivity index (χ0v) is 18.8. The number of hydrogen-bond acceptors (Lipinski definition) is 5. The first-order valence-electron chi connectivity index (χ1n) is 9.72. The van der Waals surface area contributed by atoms with Gasteiger partial charge in [0.1, 0.15) is 6.04 Å². The number of methoxy groups -OCH3 is 1. The van der Waals surface area contributed by atoms with E-state index in [1.807, 2.05) is 6.92 Å². The molecule has 9 heteroatoms. The summed E-state index contributed by atoms with van der Waals surface area (Å²) in [5.41, 5.74) is 7.88. The molecule has 0 aliphatic rings. The van der Waals surface area contributed by atoms with E-state index in [1.165, 1.54) is 7.11 Å². The van der Waals surface area contributed by atoms with Crippen LogP contribution in [0.2, 0.25) is 10.0 Å². The second-order valence-corrected chi connectivity index (χ2v) is 7.73. The summed E-state index contributed by atoms with van der Waals surface area (Å²) in [6.07, 6.45) is 0.724. The van der Waals surface area contributed by atoms with E-state index in [0.717, 1.165) is 5.56 Å². The van der Waals surface area contributed by atoms with Gasteiger partial charge < -0.3 is 21.1 Å². The van der Waals surface area contributed by atoms with Crippen LogP contribution in [0.5, 0.6) is 0 Å². The molecule has 4 N–H and O–H groups in total. The van der Waals surface area contributed by atoms with E-state index >= 15 is 0 Å². The Balaban J connectivity index is 2.01. The molecule has 0 fully saturated rings. The number of halogens is 2. The number of hydrogen-bond donors (Lipinski definition) is 3. The van der Waals surface area contributed by atoms with Gasteiger partial charge in [0.2, 0.25) is 5.91 Å². The highest BCUT2D eigenvalue weighted by Gasteiger charge is 2.21. The molecule has 0 saturated heterocycles. The van der Waals surface area contributed by atoms with Crippen molar-refractivity contribution < 1.29 is 19.1 Å². The van der Waals surface area contributed by atoms with Gasteiger partial charge in [-0.1, -0.05) is 42.3 Å². The fraction of sp³-hybridized carbons (Fsp3) is 0.318. The standard InChI is InChI=1S/C22H25Cl2N3O4/c1-3-18(27-22(30)20(25)15-10-16(23)12-17(24)11-15)13-4-6-14(7-5-13)21(29)26-9-8-19(28)31-2/h4-7,10-12,18,20H,3,8-9,25H2,1-2H3,(H,26,29)(H,27,30)/t18-,20?/m1/s1. The van der Waals surface area contributed by atoms with Gasteiger partial charge >= 0.3 is 5.97 Å². The molecule has 7 nitrogen and oxygen atoms in total. The lowest BCUT2D eigenvalue weighted by Crippen LogP contribution is -2.36. The molecule has 1 unspecified atom stereocenters. The van der Waals surface area contributed by atoms with E-state index in [9.17, 15) is 14.4 Å². The number of carbonyl (C=O) groups excluding carboxylic acids is 3. The van der Waals surface area contributed by atoms with Gasteiger partial charge in [-0.2, -0.15) is 0 Å². The summed E-state index contributed by atoms with van der Waals surface area (Å²) in [4.78, 5) is 35.9. The first kappa shape index (κ1) is 24.7. The summed E-state index contributed by atoms with van der Waals surface area (Å²) in [5.74, 6) is -1.06. The second-order valence-electron chi connectivity index (χ2n) is 6.85. The first-order chi connectivity index (χ1) is 14.7. The number of amides is 2.